The van der Waals surface area contributed by atoms with E-state index in [-0.39, 0.29) is 22.9 Å². The molecule has 1 aliphatic rings. The molecular weight excluding hydrogens is 358 g/mol. The highest BCUT2D eigenvalue weighted by Crippen LogP contribution is 2.18. The van der Waals surface area contributed by atoms with E-state index in [4.69, 9.17) is 4.74 Å². The minimum atomic E-state index is -0.277. The number of hydrogen-bond donors (Lipinski definition) is 1. The van der Waals surface area contributed by atoms with Crippen molar-refractivity contribution in [2.24, 2.45) is 13.0 Å². The first-order valence-corrected chi connectivity index (χ1v) is 9.36. The second kappa shape index (κ2) is 8.73. The summed E-state index contributed by atoms with van der Waals surface area (Å²) in [7, 11) is 3.22. The lowest BCUT2D eigenvalue weighted by molar-refractivity contribution is 0.0682. The molecule has 0 radical (unpaired) electrons. The van der Waals surface area contributed by atoms with Crippen molar-refractivity contribution in [3.63, 3.8) is 0 Å². The van der Waals surface area contributed by atoms with E-state index in [0.29, 0.717) is 36.9 Å². The molecule has 1 saturated heterocycles. The summed E-state index contributed by atoms with van der Waals surface area (Å²) >= 11 is 0. The predicted molar refractivity (Wildman–Crippen MR) is 106 cm³/mol. The highest BCUT2D eigenvalue weighted by Gasteiger charge is 2.25. The topological polar surface area (TPSA) is 80.6 Å². The average molecular weight is 383 g/mol. The summed E-state index contributed by atoms with van der Waals surface area (Å²) in [5, 5.41) is 2.96. The molecule has 0 atom stereocenters. The minimum Gasteiger partial charge on any atom is -0.497 e. The van der Waals surface area contributed by atoms with Crippen molar-refractivity contribution in [3.05, 3.63) is 64.1 Å². The number of carbonyl (C=O) groups is 2. The van der Waals surface area contributed by atoms with Gasteiger partial charge in [0, 0.05) is 38.4 Å². The van der Waals surface area contributed by atoms with E-state index < -0.39 is 0 Å². The summed E-state index contributed by atoms with van der Waals surface area (Å²) in [5.74, 6) is 0.683. The van der Waals surface area contributed by atoms with Crippen LogP contribution in [-0.2, 0) is 7.05 Å². The lowest BCUT2D eigenvalue weighted by Gasteiger charge is -2.32. The van der Waals surface area contributed by atoms with E-state index in [1.54, 1.807) is 61.7 Å². The molecule has 28 heavy (non-hydrogen) atoms. The molecule has 148 valence electrons. The second-order valence-corrected chi connectivity index (χ2v) is 7.01. The number of benzene rings is 1. The molecule has 1 aromatic heterocycles. The molecule has 1 N–H and O–H groups in total. The number of aryl methyl sites for hydroxylation is 1. The van der Waals surface area contributed by atoms with Crippen LogP contribution in [0.2, 0.25) is 0 Å². The fourth-order valence-electron chi connectivity index (χ4n) is 3.35. The molecule has 1 fully saturated rings. The van der Waals surface area contributed by atoms with E-state index in [1.165, 1.54) is 4.57 Å². The van der Waals surface area contributed by atoms with E-state index in [1.807, 2.05) is 0 Å². The van der Waals surface area contributed by atoms with Gasteiger partial charge in [-0.25, -0.2) is 0 Å². The maximum Gasteiger partial charge on any atom is 0.263 e. The number of likely N-dealkylation sites (tertiary alicyclic amines) is 1. The van der Waals surface area contributed by atoms with Crippen LogP contribution in [0.4, 0.5) is 0 Å². The highest BCUT2D eigenvalue weighted by molar-refractivity contribution is 5.94. The third kappa shape index (κ3) is 4.42. The quantitative estimate of drug-likeness (QED) is 0.852. The van der Waals surface area contributed by atoms with E-state index in [9.17, 15) is 14.4 Å². The number of hydrogen-bond acceptors (Lipinski definition) is 4. The maximum absolute atomic E-state index is 12.6. The van der Waals surface area contributed by atoms with Crippen molar-refractivity contribution in [1.82, 2.24) is 14.8 Å². The van der Waals surface area contributed by atoms with E-state index in [0.717, 1.165) is 12.8 Å². The number of nitrogens with one attached hydrogen (secondary N) is 1. The number of rotatable bonds is 5. The van der Waals surface area contributed by atoms with Gasteiger partial charge in [0.05, 0.1) is 7.11 Å². The summed E-state index contributed by atoms with van der Waals surface area (Å²) in [6, 6.07) is 10.3. The molecule has 3 rings (SSSR count). The Balaban J connectivity index is 1.50. The smallest absolute Gasteiger partial charge is 0.263 e. The zero-order valence-electron chi connectivity index (χ0n) is 16.2. The van der Waals surface area contributed by atoms with Gasteiger partial charge in [-0.1, -0.05) is 0 Å². The molecular formula is C21H25N3O4. The molecule has 0 aliphatic carbocycles. The third-order valence-electron chi connectivity index (χ3n) is 5.16. The van der Waals surface area contributed by atoms with Crippen molar-refractivity contribution in [3.8, 4) is 5.75 Å². The standard InChI is InChI=1S/C21H25N3O4/c1-23-11-3-4-18(20(23)26)21(27)24-12-9-15(10-13-24)14-22-19(25)16-5-7-17(28-2)8-6-16/h3-8,11,15H,9-10,12-14H2,1-2H3,(H,22,25). The Morgan fingerprint density at radius 3 is 2.46 bits per heavy atom. The SMILES string of the molecule is COc1ccc(C(=O)NCC2CCN(C(=O)c3cccn(C)c3=O)CC2)cc1. The molecule has 7 nitrogen and oxygen atoms in total. The van der Waals surface area contributed by atoms with Gasteiger partial charge in [-0.15, -0.1) is 0 Å². The van der Waals surface area contributed by atoms with Crippen molar-refractivity contribution < 1.29 is 14.3 Å². The molecule has 0 spiro atoms. The Hall–Kier alpha value is -3.09. The van der Waals surface area contributed by atoms with Gasteiger partial charge in [0.25, 0.3) is 17.4 Å². The van der Waals surface area contributed by atoms with Crippen LogP contribution in [-0.4, -0.2) is 48.0 Å². The van der Waals surface area contributed by atoms with Crippen LogP contribution in [0.1, 0.15) is 33.6 Å². The first-order valence-electron chi connectivity index (χ1n) is 9.36. The number of pyridine rings is 1. The van der Waals surface area contributed by atoms with Gasteiger partial charge in [0.15, 0.2) is 0 Å². The largest absolute Gasteiger partial charge is 0.497 e. The van der Waals surface area contributed by atoms with Crippen LogP contribution in [0.25, 0.3) is 0 Å². The maximum atomic E-state index is 12.6. The van der Waals surface area contributed by atoms with Crippen molar-refractivity contribution >= 4 is 11.8 Å². The van der Waals surface area contributed by atoms with Crippen LogP contribution < -0.4 is 15.6 Å². The van der Waals surface area contributed by atoms with Crippen molar-refractivity contribution in [1.29, 1.82) is 0 Å². The number of amides is 2. The van der Waals surface area contributed by atoms with E-state index >= 15 is 0 Å². The van der Waals surface area contributed by atoms with Crippen LogP contribution in [0.15, 0.2) is 47.4 Å². The zero-order chi connectivity index (χ0) is 20.1. The summed E-state index contributed by atoms with van der Waals surface area (Å²) < 4.78 is 6.51. The van der Waals surface area contributed by atoms with Gasteiger partial charge >= 0.3 is 0 Å². The normalized spacial score (nSPS) is 14.6. The van der Waals surface area contributed by atoms with Gasteiger partial charge in [-0.3, -0.25) is 14.4 Å². The lowest BCUT2D eigenvalue weighted by atomic mass is 9.96. The molecule has 0 unspecified atom stereocenters. The molecule has 2 amide bonds. The molecule has 1 aliphatic heterocycles. The molecule has 2 heterocycles. The van der Waals surface area contributed by atoms with Crippen LogP contribution in [0, 0.1) is 5.92 Å². The molecule has 0 saturated carbocycles. The van der Waals surface area contributed by atoms with E-state index in [2.05, 4.69) is 5.32 Å². The number of ether oxygens (including phenoxy) is 1. The first kappa shape index (κ1) is 19.7. The fourth-order valence-corrected chi connectivity index (χ4v) is 3.35. The number of aromatic nitrogens is 1. The number of methoxy groups -OCH3 is 1. The summed E-state index contributed by atoms with van der Waals surface area (Å²) in [6.45, 7) is 1.74. The zero-order valence-corrected chi connectivity index (χ0v) is 16.2. The summed E-state index contributed by atoms with van der Waals surface area (Å²) in [5.41, 5.74) is 0.519. The summed E-state index contributed by atoms with van der Waals surface area (Å²) in [4.78, 5) is 38.7. The highest BCUT2D eigenvalue weighted by atomic mass is 16.5. The summed E-state index contributed by atoms with van der Waals surface area (Å²) in [6.07, 6.45) is 3.22. The van der Waals surface area contributed by atoms with Gasteiger partial charge in [-0.05, 0) is 55.2 Å². The van der Waals surface area contributed by atoms with Gasteiger partial charge in [0.1, 0.15) is 11.3 Å². The van der Waals surface area contributed by atoms with Gasteiger partial charge < -0.3 is 19.5 Å². The Morgan fingerprint density at radius 1 is 1.14 bits per heavy atom. The van der Waals surface area contributed by atoms with Gasteiger partial charge in [-0.2, -0.15) is 0 Å². The van der Waals surface area contributed by atoms with Crippen LogP contribution in [0.3, 0.4) is 0 Å². The monoisotopic (exact) mass is 383 g/mol. The lowest BCUT2D eigenvalue weighted by Crippen LogP contribution is -2.43. The Morgan fingerprint density at radius 2 is 1.82 bits per heavy atom. The molecule has 2 aromatic rings. The predicted octanol–water partition coefficient (Wildman–Crippen LogP) is 1.68. The molecule has 7 heteroatoms. The third-order valence-corrected chi connectivity index (χ3v) is 5.16. The second-order valence-electron chi connectivity index (χ2n) is 7.01. The van der Waals surface area contributed by atoms with Crippen LogP contribution >= 0.6 is 0 Å². The Bertz CT molecular complexity index is 897. The first-order chi connectivity index (χ1) is 13.5. The number of carbonyl (C=O) groups excluding carboxylic acids is 2. The number of piperidine rings is 1. The van der Waals surface area contributed by atoms with Gasteiger partial charge in [0.2, 0.25) is 0 Å². The Kier molecular flexibility index (Phi) is 6.13. The average Bonchev–Trinajstić information content (AvgIpc) is 2.74. The van der Waals surface area contributed by atoms with Crippen molar-refractivity contribution in [2.75, 3.05) is 26.7 Å². The molecule has 0 bridgehead atoms. The Labute approximate surface area is 163 Å². The van der Waals surface area contributed by atoms with Crippen LogP contribution in [0.5, 0.6) is 5.75 Å². The fraction of sp³-hybridized carbons (Fsp3) is 0.381. The molecule has 1 aromatic carbocycles. The van der Waals surface area contributed by atoms with Crippen molar-refractivity contribution in [2.45, 2.75) is 12.8 Å². The minimum absolute atomic E-state index is 0.117. The number of nitrogens with zero attached hydrogens (tertiary/aromatic N) is 2.